The van der Waals surface area contributed by atoms with E-state index in [1.807, 2.05) is 0 Å². The average molecular weight is 283 g/mol. The maximum absolute atomic E-state index is 11.9. The van der Waals surface area contributed by atoms with Crippen LogP contribution in [0.25, 0.3) is 0 Å². The number of nitrogens with zero attached hydrogens (tertiary/aromatic N) is 1. The van der Waals surface area contributed by atoms with E-state index in [1.54, 1.807) is 12.2 Å². The third-order valence-electron chi connectivity index (χ3n) is 1.52. The van der Waals surface area contributed by atoms with Crippen molar-refractivity contribution in [3.8, 4) is 0 Å². The molecule has 1 rings (SSSR count). The fourth-order valence-corrected chi connectivity index (χ4v) is 1.02. The Labute approximate surface area is 91.8 Å². The zero-order valence-corrected chi connectivity index (χ0v) is 9.11. The first-order valence-electron chi connectivity index (χ1n) is 3.82. The van der Waals surface area contributed by atoms with Crippen molar-refractivity contribution in [1.29, 1.82) is 0 Å². The van der Waals surface area contributed by atoms with E-state index < -0.39 is 12.1 Å². The van der Waals surface area contributed by atoms with Crippen molar-refractivity contribution in [1.82, 2.24) is 4.98 Å². The molecule has 0 bridgehead atoms. The minimum Gasteiger partial charge on any atom is -0.303 e. The zero-order chi connectivity index (χ0) is 11.6. The molecule has 15 heavy (non-hydrogen) atoms. The smallest absolute Gasteiger partial charge is 0.303 e. The molecule has 0 atom stereocenters. The average Bonchev–Trinajstić information content (AvgIpc) is 2.10. The SMILES string of the molecule is Cc1nc(NC(=O)C(F)(F)F)ccc1Br. The first-order chi connectivity index (χ1) is 6.80. The van der Waals surface area contributed by atoms with Crippen LogP contribution in [0.4, 0.5) is 19.0 Å². The number of rotatable bonds is 1. The lowest BCUT2D eigenvalue weighted by Gasteiger charge is -2.07. The van der Waals surface area contributed by atoms with Crippen molar-refractivity contribution in [2.45, 2.75) is 13.1 Å². The lowest BCUT2D eigenvalue weighted by Crippen LogP contribution is -2.30. The van der Waals surface area contributed by atoms with E-state index in [1.165, 1.54) is 12.1 Å². The second kappa shape index (κ2) is 4.18. The third kappa shape index (κ3) is 3.19. The molecule has 7 heteroatoms. The van der Waals surface area contributed by atoms with Crippen LogP contribution in [0.2, 0.25) is 0 Å². The number of amides is 1. The van der Waals surface area contributed by atoms with Gasteiger partial charge in [-0.25, -0.2) is 4.98 Å². The molecular weight excluding hydrogens is 277 g/mol. The number of pyridine rings is 1. The molecule has 82 valence electrons. The second-order valence-corrected chi connectivity index (χ2v) is 3.57. The lowest BCUT2D eigenvalue weighted by molar-refractivity contribution is -0.167. The summed E-state index contributed by atoms with van der Waals surface area (Å²) in [6.45, 7) is 1.60. The van der Waals surface area contributed by atoms with Crippen LogP contribution in [0.3, 0.4) is 0 Å². The third-order valence-corrected chi connectivity index (χ3v) is 2.36. The molecule has 1 heterocycles. The van der Waals surface area contributed by atoms with Crippen molar-refractivity contribution in [2.75, 3.05) is 5.32 Å². The van der Waals surface area contributed by atoms with Crippen LogP contribution in [-0.2, 0) is 4.79 Å². The van der Waals surface area contributed by atoms with Crippen LogP contribution in [0.1, 0.15) is 5.69 Å². The number of alkyl halides is 3. The van der Waals surface area contributed by atoms with Gasteiger partial charge < -0.3 is 5.32 Å². The minimum atomic E-state index is -4.90. The van der Waals surface area contributed by atoms with Crippen molar-refractivity contribution in [2.24, 2.45) is 0 Å². The quantitative estimate of drug-likeness (QED) is 0.860. The molecule has 0 unspecified atom stereocenters. The van der Waals surface area contributed by atoms with Crippen LogP contribution in [0.15, 0.2) is 16.6 Å². The Morgan fingerprint density at radius 2 is 2.07 bits per heavy atom. The summed E-state index contributed by atoms with van der Waals surface area (Å²) >= 11 is 3.14. The molecule has 0 saturated carbocycles. The van der Waals surface area contributed by atoms with Gasteiger partial charge in [0.25, 0.3) is 0 Å². The molecule has 1 aromatic heterocycles. The number of carbonyl (C=O) groups is 1. The van der Waals surface area contributed by atoms with Crippen LogP contribution < -0.4 is 5.32 Å². The second-order valence-electron chi connectivity index (χ2n) is 2.72. The maximum atomic E-state index is 11.9. The van der Waals surface area contributed by atoms with E-state index in [4.69, 9.17) is 0 Å². The molecule has 0 aliphatic rings. The maximum Gasteiger partial charge on any atom is 0.471 e. The summed E-state index contributed by atoms with van der Waals surface area (Å²) in [5.41, 5.74) is 0.495. The first kappa shape index (κ1) is 12.0. The predicted octanol–water partition coefficient (Wildman–Crippen LogP) is 2.65. The fraction of sp³-hybridized carbons (Fsp3) is 0.250. The molecule has 0 aliphatic heterocycles. The normalized spacial score (nSPS) is 11.3. The molecule has 1 N–H and O–H groups in total. The summed E-state index contributed by atoms with van der Waals surface area (Å²) < 4.78 is 36.3. The number of hydrogen-bond donors (Lipinski definition) is 1. The van der Waals surface area contributed by atoms with E-state index >= 15 is 0 Å². The summed E-state index contributed by atoms with van der Waals surface area (Å²) in [6, 6.07) is 2.79. The molecule has 0 fully saturated rings. The molecule has 0 spiro atoms. The number of anilines is 1. The molecule has 0 saturated heterocycles. The molecule has 1 amide bonds. The summed E-state index contributed by atoms with van der Waals surface area (Å²) in [4.78, 5) is 14.3. The molecule has 3 nitrogen and oxygen atoms in total. The zero-order valence-electron chi connectivity index (χ0n) is 7.52. The molecule has 0 aliphatic carbocycles. The molecule has 0 radical (unpaired) electrons. The van der Waals surface area contributed by atoms with Crippen LogP contribution in [-0.4, -0.2) is 17.1 Å². The van der Waals surface area contributed by atoms with Gasteiger partial charge in [-0.2, -0.15) is 13.2 Å². The van der Waals surface area contributed by atoms with Crippen molar-refractivity contribution >= 4 is 27.7 Å². The largest absolute Gasteiger partial charge is 0.471 e. The van der Waals surface area contributed by atoms with Gasteiger partial charge in [0.1, 0.15) is 5.82 Å². The summed E-state index contributed by atoms with van der Waals surface area (Å²) in [7, 11) is 0. The van der Waals surface area contributed by atoms with Gasteiger partial charge in [0, 0.05) is 4.47 Å². The van der Waals surface area contributed by atoms with E-state index in [2.05, 4.69) is 20.9 Å². The van der Waals surface area contributed by atoms with Gasteiger partial charge in [0.2, 0.25) is 0 Å². The van der Waals surface area contributed by atoms with Gasteiger partial charge in [-0.05, 0) is 35.0 Å². The number of aromatic nitrogens is 1. The van der Waals surface area contributed by atoms with Gasteiger partial charge in [0.05, 0.1) is 5.69 Å². The summed E-state index contributed by atoms with van der Waals surface area (Å²) in [6.07, 6.45) is -4.90. The fourth-order valence-electron chi connectivity index (χ4n) is 0.801. The van der Waals surface area contributed by atoms with Gasteiger partial charge in [-0.3, -0.25) is 4.79 Å². The van der Waals surface area contributed by atoms with Crippen molar-refractivity contribution in [3.05, 3.63) is 22.3 Å². The topological polar surface area (TPSA) is 42.0 Å². The van der Waals surface area contributed by atoms with Crippen LogP contribution in [0.5, 0.6) is 0 Å². The van der Waals surface area contributed by atoms with Gasteiger partial charge >= 0.3 is 12.1 Å². The minimum absolute atomic E-state index is 0.127. The molecule has 0 aromatic carbocycles. The monoisotopic (exact) mass is 282 g/mol. The lowest BCUT2D eigenvalue weighted by atomic mass is 10.3. The summed E-state index contributed by atoms with van der Waals surface area (Å²) in [5, 5.41) is 1.65. The van der Waals surface area contributed by atoms with E-state index in [0.29, 0.717) is 10.2 Å². The standard InChI is InChI=1S/C8H6BrF3N2O/c1-4-5(9)2-3-6(13-4)14-7(15)8(10,11)12/h2-3H,1H3,(H,13,14,15). The highest BCUT2D eigenvalue weighted by Crippen LogP contribution is 2.19. The van der Waals surface area contributed by atoms with Gasteiger partial charge in [0.15, 0.2) is 0 Å². The highest BCUT2D eigenvalue weighted by Gasteiger charge is 2.38. The molecule has 1 aromatic rings. The van der Waals surface area contributed by atoms with E-state index in [9.17, 15) is 18.0 Å². The first-order valence-corrected chi connectivity index (χ1v) is 4.61. The Kier molecular flexibility index (Phi) is 3.33. The predicted molar refractivity (Wildman–Crippen MR) is 51.4 cm³/mol. The Hall–Kier alpha value is -1.11. The van der Waals surface area contributed by atoms with E-state index in [0.717, 1.165) is 0 Å². The number of hydrogen-bond acceptors (Lipinski definition) is 2. The Balaban J connectivity index is 2.83. The Bertz CT molecular complexity index is 392. The highest BCUT2D eigenvalue weighted by atomic mass is 79.9. The van der Waals surface area contributed by atoms with E-state index in [-0.39, 0.29) is 5.82 Å². The van der Waals surface area contributed by atoms with Gasteiger partial charge in [-0.1, -0.05) is 0 Å². The number of aryl methyl sites for hydroxylation is 1. The van der Waals surface area contributed by atoms with Crippen LogP contribution >= 0.6 is 15.9 Å². The highest BCUT2D eigenvalue weighted by molar-refractivity contribution is 9.10. The number of halogens is 4. The number of carbonyl (C=O) groups excluding carboxylic acids is 1. The Morgan fingerprint density at radius 1 is 1.47 bits per heavy atom. The van der Waals surface area contributed by atoms with Crippen molar-refractivity contribution in [3.63, 3.8) is 0 Å². The van der Waals surface area contributed by atoms with Crippen LogP contribution in [0, 0.1) is 6.92 Å². The summed E-state index contributed by atoms with van der Waals surface area (Å²) in [5.74, 6) is -2.16. The number of nitrogens with one attached hydrogen (secondary N) is 1. The Morgan fingerprint density at radius 3 is 2.53 bits per heavy atom. The molecular formula is C8H6BrF3N2O. The van der Waals surface area contributed by atoms with Crippen molar-refractivity contribution < 1.29 is 18.0 Å². The van der Waals surface area contributed by atoms with Gasteiger partial charge in [-0.15, -0.1) is 0 Å².